The van der Waals surface area contributed by atoms with Gasteiger partial charge in [-0.2, -0.15) is 0 Å². The molecule has 20 heavy (non-hydrogen) atoms. The van der Waals surface area contributed by atoms with Gasteiger partial charge in [0.05, 0.1) is 6.61 Å². The highest BCUT2D eigenvalue weighted by Gasteiger charge is 2.15. The van der Waals surface area contributed by atoms with E-state index in [4.69, 9.17) is 25.9 Å². The molecule has 1 aromatic carbocycles. The molecule has 1 fully saturated rings. The fourth-order valence-electron chi connectivity index (χ4n) is 1.83. The van der Waals surface area contributed by atoms with Gasteiger partial charge in [-0.15, -0.1) is 0 Å². The van der Waals surface area contributed by atoms with Crippen molar-refractivity contribution in [2.45, 2.75) is 32.2 Å². The van der Waals surface area contributed by atoms with E-state index >= 15 is 0 Å². The van der Waals surface area contributed by atoms with Crippen molar-refractivity contribution in [2.75, 3.05) is 13.2 Å². The molecule has 0 aromatic heterocycles. The van der Waals surface area contributed by atoms with Crippen molar-refractivity contribution in [1.82, 2.24) is 5.48 Å². The molecule has 0 aliphatic carbocycles. The minimum Gasteiger partial charge on any atom is -0.367 e. The molecule has 0 saturated carbocycles. The molecule has 6 heteroatoms. The van der Waals surface area contributed by atoms with Crippen molar-refractivity contribution in [1.29, 1.82) is 0 Å². The standard InChI is InChI=1S/C14H18ClNO4/c15-12-6-2-1-5-11(12)9-18-10-13(17)16-20-14-7-3-4-8-19-14/h1-2,5-6,14H,3-4,7-10H2,(H,16,17)/t14-/m0/s1. The summed E-state index contributed by atoms with van der Waals surface area (Å²) in [4.78, 5) is 16.7. The summed E-state index contributed by atoms with van der Waals surface area (Å²) in [7, 11) is 0. The lowest BCUT2D eigenvalue weighted by Gasteiger charge is -2.22. The van der Waals surface area contributed by atoms with E-state index in [1.165, 1.54) is 0 Å². The molecular weight excluding hydrogens is 282 g/mol. The molecule has 0 unspecified atom stereocenters. The molecule has 1 aliphatic heterocycles. The molecule has 1 amide bonds. The van der Waals surface area contributed by atoms with Gasteiger partial charge in [0.25, 0.3) is 5.91 Å². The van der Waals surface area contributed by atoms with Gasteiger partial charge in [0.2, 0.25) is 0 Å². The van der Waals surface area contributed by atoms with Crippen molar-refractivity contribution < 1.29 is 19.1 Å². The van der Waals surface area contributed by atoms with Gasteiger partial charge >= 0.3 is 0 Å². The second-order valence-electron chi connectivity index (χ2n) is 4.52. The van der Waals surface area contributed by atoms with Crippen molar-refractivity contribution in [3.8, 4) is 0 Å². The molecule has 5 nitrogen and oxygen atoms in total. The third-order valence-electron chi connectivity index (χ3n) is 2.89. The number of ether oxygens (including phenoxy) is 2. The highest BCUT2D eigenvalue weighted by Crippen LogP contribution is 2.15. The molecule has 1 atom stereocenters. The van der Waals surface area contributed by atoms with Crippen LogP contribution in [0.4, 0.5) is 0 Å². The predicted octanol–water partition coefficient (Wildman–Crippen LogP) is 2.43. The zero-order chi connectivity index (χ0) is 14.2. The van der Waals surface area contributed by atoms with Crippen molar-refractivity contribution in [3.05, 3.63) is 34.9 Å². The van der Waals surface area contributed by atoms with E-state index in [9.17, 15) is 4.79 Å². The zero-order valence-electron chi connectivity index (χ0n) is 11.1. The summed E-state index contributed by atoms with van der Waals surface area (Å²) < 4.78 is 10.6. The summed E-state index contributed by atoms with van der Waals surface area (Å²) in [6.07, 6.45) is 2.52. The summed E-state index contributed by atoms with van der Waals surface area (Å²) in [5, 5.41) is 0.625. The number of amides is 1. The van der Waals surface area contributed by atoms with Crippen LogP contribution in [0.1, 0.15) is 24.8 Å². The largest absolute Gasteiger partial charge is 0.367 e. The van der Waals surface area contributed by atoms with Crippen LogP contribution < -0.4 is 5.48 Å². The predicted molar refractivity (Wildman–Crippen MR) is 73.9 cm³/mol. The SMILES string of the molecule is O=C(COCc1ccccc1Cl)NO[C@H]1CCCCO1. The first-order valence-corrected chi connectivity index (χ1v) is 7.01. The monoisotopic (exact) mass is 299 g/mol. The topological polar surface area (TPSA) is 56.8 Å². The summed E-state index contributed by atoms with van der Waals surface area (Å²) in [5.74, 6) is -0.341. The second-order valence-corrected chi connectivity index (χ2v) is 4.93. The van der Waals surface area contributed by atoms with Crippen molar-refractivity contribution in [2.24, 2.45) is 0 Å². The average molecular weight is 300 g/mol. The maximum absolute atomic E-state index is 11.5. The maximum atomic E-state index is 11.5. The summed E-state index contributed by atoms with van der Waals surface area (Å²) >= 11 is 5.98. The Bertz CT molecular complexity index is 435. The molecule has 1 saturated heterocycles. The smallest absolute Gasteiger partial charge is 0.269 e. The number of nitrogens with one attached hydrogen (secondary N) is 1. The minimum absolute atomic E-state index is 0.0854. The second kappa shape index (κ2) is 8.21. The van der Waals surface area contributed by atoms with E-state index < -0.39 is 0 Å². The Labute approximate surface area is 123 Å². The lowest BCUT2D eigenvalue weighted by molar-refractivity contribution is -0.202. The Morgan fingerprint density at radius 2 is 2.25 bits per heavy atom. The van der Waals surface area contributed by atoms with Gasteiger partial charge < -0.3 is 9.47 Å². The number of benzene rings is 1. The number of halogens is 1. The molecular formula is C14H18ClNO4. The first-order chi connectivity index (χ1) is 9.75. The summed E-state index contributed by atoms with van der Waals surface area (Å²) in [6.45, 7) is 0.870. The fourth-order valence-corrected chi connectivity index (χ4v) is 2.02. The van der Waals surface area contributed by atoms with Gasteiger partial charge in [-0.1, -0.05) is 29.8 Å². The molecule has 0 bridgehead atoms. The number of hydrogen-bond donors (Lipinski definition) is 1. The van der Waals surface area contributed by atoms with E-state index in [0.29, 0.717) is 11.6 Å². The van der Waals surface area contributed by atoms with Crippen molar-refractivity contribution >= 4 is 17.5 Å². The first kappa shape index (κ1) is 15.3. The van der Waals surface area contributed by atoms with Crippen LogP contribution >= 0.6 is 11.6 Å². The number of carbonyl (C=O) groups excluding carboxylic acids is 1. The Morgan fingerprint density at radius 1 is 1.40 bits per heavy atom. The Kier molecular flexibility index (Phi) is 6.26. The highest BCUT2D eigenvalue weighted by atomic mass is 35.5. The Hall–Kier alpha value is -1.14. The Morgan fingerprint density at radius 3 is 3.00 bits per heavy atom. The highest BCUT2D eigenvalue weighted by molar-refractivity contribution is 6.31. The van der Waals surface area contributed by atoms with Crippen molar-refractivity contribution in [3.63, 3.8) is 0 Å². The number of rotatable bonds is 6. The molecule has 2 rings (SSSR count). The minimum atomic E-state index is -0.351. The van der Waals surface area contributed by atoms with Gasteiger partial charge in [0, 0.05) is 18.1 Å². The normalized spacial score (nSPS) is 18.8. The first-order valence-electron chi connectivity index (χ1n) is 6.63. The zero-order valence-corrected chi connectivity index (χ0v) is 11.9. The van der Waals surface area contributed by atoms with Crippen LogP contribution in [0.3, 0.4) is 0 Å². The van der Waals surface area contributed by atoms with Crippen LogP contribution in [-0.2, 0) is 25.7 Å². The molecule has 0 spiro atoms. The Balaban J connectivity index is 1.61. The van der Waals surface area contributed by atoms with E-state index in [2.05, 4.69) is 5.48 Å². The molecule has 1 N–H and O–H groups in total. The third kappa shape index (κ3) is 5.09. The molecule has 1 aliphatic rings. The third-order valence-corrected chi connectivity index (χ3v) is 3.26. The summed E-state index contributed by atoms with van der Waals surface area (Å²) in [5.41, 5.74) is 3.18. The number of hydrogen-bond acceptors (Lipinski definition) is 4. The van der Waals surface area contributed by atoms with Crippen LogP contribution in [-0.4, -0.2) is 25.4 Å². The van der Waals surface area contributed by atoms with Gasteiger partial charge in [0.15, 0.2) is 6.29 Å². The number of hydroxylamine groups is 1. The van der Waals surface area contributed by atoms with Gasteiger partial charge in [-0.25, -0.2) is 10.3 Å². The lowest BCUT2D eigenvalue weighted by Crippen LogP contribution is -2.35. The van der Waals surface area contributed by atoms with E-state index in [-0.39, 0.29) is 25.4 Å². The van der Waals surface area contributed by atoms with E-state index in [0.717, 1.165) is 24.8 Å². The number of carbonyl (C=O) groups is 1. The fraction of sp³-hybridized carbons (Fsp3) is 0.500. The molecule has 0 radical (unpaired) electrons. The average Bonchev–Trinajstić information content (AvgIpc) is 2.48. The van der Waals surface area contributed by atoms with Crippen LogP contribution in [0.15, 0.2) is 24.3 Å². The lowest BCUT2D eigenvalue weighted by atomic mass is 10.2. The van der Waals surface area contributed by atoms with Crippen LogP contribution in [0.5, 0.6) is 0 Å². The van der Waals surface area contributed by atoms with E-state index in [1.54, 1.807) is 6.07 Å². The molecule has 1 heterocycles. The quantitative estimate of drug-likeness (QED) is 0.820. The summed E-state index contributed by atoms with van der Waals surface area (Å²) in [6, 6.07) is 7.35. The van der Waals surface area contributed by atoms with Crippen LogP contribution in [0.25, 0.3) is 0 Å². The molecule has 110 valence electrons. The van der Waals surface area contributed by atoms with Crippen LogP contribution in [0.2, 0.25) is 5.02 Å². The van der Waals surface area contributed by atoms with Gasteiger partial charge in [-0.3, -0.25) is 4.79 Å². The maximum Gasteiger partial charge on any atom is 0.269 e. The van der Waals surface area contributed by atoms with Gasteiger partial charge in [-0.05, 0) is 24.5 Å². The van der Waals surface area contributed by atoms with Crippen LogP contribution in [0, 0.1) is 0 Å². The molecule has 1 aromatic rings. The van der Waals surface area contributed by atoms with Gasteiger partial charge in [0.1, 0.15) is 6.61 Å². The van der Waals surface area contributed by atoms with E-state index in [1.807, 2.05) is 18.2 Å².